The zero-order valence-electron chi connectivity index (χ0n) is 12.1. The van der Waals surface area contributed by atoms with Gasteiger partial charge in [0.1, 0.15) is 0 Å². The Morgan fingerprint density at radius 1 is 1.17 bits per heavy atom. The van der Waals surface area contributed by atoms with Crippen LogP contribution in [0.15, 0.2) is 0 Å². The summed E-state index contributed by atoms with van der Waals surface area (Å²) in [4.78, 5) is 2.65. The molecule has 0 bridgehead atoms. The van der Waals surface area contributed by atoms with E-state index in [9.17, 15) is 8.42 Å². The Morgan fingerprint density at radius 3 is 2.11 bits per heavy atom. The molecular formula is C13H29NO3S. The number of unbranched alkanes of at least 4 members (excludes halogenated alkanes) is 3. The van der Waals surface area contributed by atoms with E-state index in [1.54, 1.807) is 0 Å². The second-order valence-corrected chi connectivity index (χ2v) is 6.78. The minimum Gasteiger partial charge on any atom is -0.303 e. The zero-order chi connectivity index (χ0) is 14.0. The van der Waals surface area contributed by atoms with Gasteiger partial charge in [-0.05, 0) is 44.8 Å². The summed E-state index contributed by atoms with van der Waals surface area (Å²) < 4.78 is 25.9. The standard InChI is InChI=1S/C12H25N.CH4O3S/c1-3-4-5-6-9-13-10-7-12(2)8-11-13;1-5(2,3)4/h12H,3-11H2,1-2H3;1H3,(H,2,3,4). The van der Waals surface area contributed by atoms with E-state index in [1.165, 1.54) is 58.2 Å². The SMILES string of the molecule is CCCCCCN1CCC(C)CC1.CS(=O)(=O)O. The van der Waals surface area contributed by atoms with Crippen molar-refractivity contribution in [2.45, 2.75) is 52.4 Å². The Morgan fingerprint density at radius 2 is 1.67 bits per heavy atom. The minimum atomic E-state index is -3.67. The van der Waals surface area contributed by atoms with Crippen molar-refractivity contribution in [3.63, 3.8) is 0 Å². The van der Waals surface area contributed by atoms with E-state index in [0.29, 0.717) is 6.26 Å². The van der Waals surface area contributed by atoms with Gasteiger partial charge in [-0.1, -0.05) is 33.1 Å². The Labute approximate surface area is 113 Å². The number of nitrogens with zero attached hydrogens (tertiary/aromatic N) is 1. The minimum absolute atomic E-state index is 0.715. The third-order valence-corrected chi connectivity index (χ3v) is 3.20. The molecule has 0 aliphatic carbocycles. The van der Waals surface area contributed by atoms with Gasteiger partial charge >= 0.3 is 0 Å². The van der Waals surface area contributed by atoms with Crippen LogP contribution in [0.2, 0.25) is 0 Å². The molecule has 0 radical (unpaired) electrons. The van der Waals surface area contributed by atoms with Crippen molar-refractivity contribution >= 4 is 10.1 Å². The molecule has 18 heavy (non-hydrogen) atoms. The maximum absolute atomic E-state index is 9.19. The summed E-state index contributed by atoms with van der Waals surface area (Å²) >= 11 is 0. The second-order valence-electron chi connectivity index (χ2n) is 5.32. The Hall–Kier alpha value is -0.130. The highest BCUT2D eigenvalue weighted by molar-refractivity contribution is 7.85. The van der Waals surface area contributed by atoms with Gasteiger partial charge in [0.05, 0.1) is 6.26 Å². The first kappa shape index (κ1) is 17.9. The summed E-state index contributed by atoms with van der Waals surface area (Å²) in [6, 6.07) is 0. The van der Waals surface area contributed by atoms with Gasteiger partial charge in [0.2, 0.25) is 0 Å². The molecule has 4 nitrogen and oxygen atoms in total. The lowest BCUT2D eigenvalue weighted by Crippen LogP contribution is -2.33. The first-order valence-corrected chi connectivity index (χ1v) is 8.82. The van der Waals surface area contributed by atoms with Crippen molar-refractivity contribution in [1.82, 2.24) is 4.90 Å². The van der Waals surface area contributed by atoms with Gasteiger partial charge in [-0.25, -0.2) is 0 Å². The number of hydrogen-bond donors (Lipinski definition) is 1. The summed E-state index contributed by atoms with van der Waals surface area (Å²) in [5.74, 6) is 0.979. The van der Waals surface area contributed by atoms with Gasteiger partial charge in [0.15, 0.2) is 0 Å². The molecule has 110 valence electrons. The normalized spacial score (nSPS) is 18.2. The molecule has 1 aliphatic rings. The maximum atomic E-state index is 9.19. The quantitative estimate of drug-likeness (QED) is 0.621. The van der Waals surface area contributed by atoms with Crippen molar-refractivity contribution in [3.8, 4) is 0 Å². The van der Waals surface area contributed by atoms with Crippen LogP contribution in [0.3, 0.4) is 0 Å². The van der Waals surface area contributed by atoms with Crippen molar-refractivity contribution in [2.24, 2.45) is 5.92 Å². The lowest BCUT2D eigenvalue weighted by Gasteiger charge is -2.30. The van der Waals surface area contributed by atoms with E-state index in [2.05, 4.69) is 18.7 Å². The van der Waals surface area contributed by atoms with Crippen molar-refractivity contribution in [2.75, 3.05) is 25.9 Å². The molecule has 0 saturated carbocycles. The van der Waals surface area contributed by atoms with E-state index >= 15 is 0 Å². The van der Waals surface area contributed by atoms with E-state index in [0.717, 1.165) is 5.92 Å². The number of likely N-dealkylation sites (tertiary alicyclic amines) is 1. The Kier molecular flexibility index (Phi) is 9.68. The molecule has 0 aromatic heterocycles. The highest BCUT2D eigenvalue weighted by atomic mass is 32.2. The lowest BCUT2D eigenvalue weighted by molar-refractivity contribution is 0.189. The largest absolute Gasteiger partial charge is 0.303 e. The maximum Gasteiger partial charge on any atom is 0.261 e. The first-order valence-electron chi connectivity index (χ1n) is 6.97. The van der Waals surface area contributed by atoms with E-state index in [1.807, 2.05) is 0 Å². The molecule has 0 aromatic rings. The van der Waals surface area contributed by atoms with Gasteiger partial charge in [0, 0.05) is 0 Å². The van der Waals surface area contributed by atoms with Crippen LogP contribution < -0.4 is 0 Å². The molecule has 0 amide bonds. The first-order chi connectivity index (χ1) is 8.33. The number of piperidine rings is 1. The molecular weight excluding hydrogens is 250 g/mol. The van der Waals surface area contributed by atoms with E-state index in [4.69, 9.17) is 4.55 Å². The van der Waals surface area contributed by atoms with E-state index < -0.39 is 10.1 Å². The van der Waals surface area contributed by atoms with Crippen molar-refractivity contribution in [1.29, 1.82) is 0 Å². The molecule has 0 atom stereocenters. The van der Waals surface area contributed by atoms with Gasteiger partial charge < -0.3 is 4.90 Å². The topological polar surface area (TPSA) is 57.6 Å². The molecule has 1 aliphatic heterocycles. The number of rotatable bonds is 5. The van der Waals surface area contributed by atoms with Crippen LogP contribution in [0.1, 0.15) is 52.4 Å². The van der Waals surface area contributed by atoms with Crippen LogP contribution in [0.4, 0.5) is 0 Å². The molecule has 1 N–H and O–H groups in total. The molecule has 0 unspecified atom stereocenters. The van der Waals surface area contributed by atoms with Crippen LogP contribution in [0, 0.1) is 5.92 Å². The van der Waals surface area contributed by atoms with Crippen LogP contribution in [-0.2, 0) is 10.1 Å². The lowest BCUT2D eigenvalue weighted by atomic mass is 9.99. The smallest absolute Gasteiger partial charge is 0.261 e. The Balaban J connectivity index is 0.000000494. The average molecular weight is 279 g/mol. The summed E-state index contributed by atoms with van der Waals surface area (Å²) in [6.07, 6.45) is 9.20. The molecule has 1 heterocycles. The Bertz CT molecular complexity index is 275. The highest BCUT2D eigenvalue weighted by Crippen LogP contribution is 2.16. The predicted octanol–water partition coefficient (Wildman–Crippen LogP) is 2.80. The molecule has 0 aromatic carbocycles. The predicted molar refractivity (Wildman–Crippen MR) is 76.5 cm³/mol. The summed E-state index contributed by atoms with van der Waals surface area (Å²) in [7, 11) is -3.67. The molecule has 1 fully saturated rings. The van der Waals surface area contributed by atoms with Crippen LogP contribution in [-0.4, -0.2) is 43.8 Å². The number of hydrogen-bond acceptors (Lipinski definition) is 3. The summed E-state index contributed by atoms with van der Waals surface area (Å²) in [5.41, 5.74) is 0. The molecule has 5 heteroatoms. The van der Waals surface area contributed by atoms with Gasteiger partial charge in [-0.15, -0.1) is 0 Å². The fourth-order valence-corrected chi connectivity index (χ4v) is 2.05. The monoisotopic (exact) mass is 279 g/mol. The van der Waals surface area contributed by atoms with Crippen LogP contribution in [0.5, 0.6) is 0 Å². The van der Waals surface area contributed by atoms with Crippen LogP contribution >= 0.6 is 0 Å². The van der Waals surface area contributed by atoms with E-state index in [-0.39, 0.29) is 0 Å². The molecule has 0 spiro atoms. The third-order valence-electron chi connectivity index (χ3n) is 3.20. The summed E-state index contributed by atoms with van der Waals surface area (Å²) in [5, 5.41) is 0. The van der Waals surface area contributed by atoms with Gasteiger partial charge in [-0.2, -0.15) is 8.42 Å². The molecule has 1 saturated heterocycles. The van der Waals surface area contributed by atoms with Crippen molar-refractivity contribution < 1.29 is 13.0 Å². The second kappa shape index (κ2) is 9.75. The third kappa shape index (κ3) is 13.9. The van der Waals surface area contributed by atoms with Crippen molar-refractivity contribution in [3.05, 3.63) is 0 Å². The fourth-order valence-electron chi connectivity index (χ4n) is 2.05. The zero-order valence-corrected chi connectivity index (χ0v) is 12.9. The van der Waals surface area contributed by atoms with Gasteiger partial charge in [-0.3, -0.25) is 4.55 Å². The highest BCUT2D eigenvalue weighted by Gasteiger charge is 2.14. The average Bonchev–Trinajstić information content (AvgIpc) is 2.25. The fraction of sp³-hybridized carbons (Fsp3) is 1.00. The van der Waals surface area contributed by atoms with Crippen LogP contribution in [0.25, 0.3) is 0 Å². The van der Waals surface area contributed by atoms with Gasteiger partial charge in [0.25, 0.3) is 10.1 Å². The molecule has 1 rings (SSSR count). The summed E-state index contributed by atoms with van der Waals surface area (Å²) in [6.45, 7) is 8.73.